The van der Waals surface area contributed by atoms with Gasteiger partial charge in [-0.25, -0.2) is 0 Å². The highest BCUT2D eigenvalue weighted by Crippen LogP contribution is 2.03. The third-order valence-electron chi connectivity index (χ3n) is 1.32. The first-order valence-corrected chi connectivity index (χ1v) is 4.61. The van der Waals surface area contributed by atoms with Gasteiger partial charge in [0.25, 0.3) is 0 Å². The predicted molar refractivity (Wildman–Crippen MR) is 57.5 cm³/mol. The van der Waals surface area contributed by atoms with E-state index in [0.29, 0.717) is 0 Å². The van der Waals surface area contributed by atoms with Crippen LogP contribution in [0.25, 0.3) is 0 Å². The second kappa shape index (κ2) is 7.82. The first-order chi connectivity index (χ1) is 7.02. The fraction of sp³-hybridized carbons (Fsp3) is 0.200. The van der Waals surface area contributed by atoms with Gasteiger partial charge in [-0.3, -0.25) is 9.59 Å². The van der Waals surface area contributed by atoms with Crippen LogP contribution in [0.5, 0.6) is 0 Å². The molecule has 82 valence electrons. The first kappa shape index (κ1) is 13.4. The Morgan fingerprint density at radius 3 is 1.93 bits per heavy atom. The van der Waals surface area contributed by atoms with Crippen molar-refractivity contribution in [3.05, 3.63) is 35.4 Å². The van der Waals surface area contributed by atoms with E-state index in [1.54, 1.807) is 0 Å². The molecule has 0 bridgehead atoms. The highest BCUT2D eigenvalue weighted by atomic mass is 35.5. The molecule has 0 unspecified atom stereocenters. The van der Waals surface area contributed by atoms with Crippen LogP contribution >= 0.6 is 11.6 Å². The number of carboxylic acid groups (broad SMARTS) is 1. The number of hydrogen-bond donors (Lipinski definition) is 2. The number of benzene rings is 1. The van der Waals surface area contributed by atoms with Gasteiger partial charge in [-0.15, -0.1) is 0 Å². The molecule has 5 heteroatoms. The quantitative estimate of drug-likeness (QED) is 0.828. The standard InChI is InChI=1S/C6H5Cl.C4H7NO3/c7-6-4-2-1-3-5-6;5-3(6)1-2-4(7)8/h1-5H;1-2H2,(H2,5,6)(H,7,8). The number of nitrogens with two attached hydrogens (primary N) is 1. The van der Waals surface area contributed by atoms with E-state index in [4.69, 9.17) is 16.7 Å². The molecule has 0 aliphatic rings. The average Bonchev–Trinajstić information content (AvgIpc) is 2.17. The third-order valence-corrected chi connectivity index (χ3v) is 1.57. The summed E-state index contributed by atoms with van der Waals surface area (Å²) in [5.41, 5.74) is 4.64. The Morgan fingerprint density at radius 1 is 1.20 bits per heavy atom. The van der Waals surface area contributed by atoms with Crippen LogP contribution in [0, 0.1) is 0 Å². The van der Waals surface area contributed by atoms with E-state index in [1.807, 2.05) is 30.3 Å². The smallest absolute Gasteiger partial charge is 0.303 e. The highest BCUT2D eigenvalue weighted by molar-refractivity contribution is 6.30. The first-order valence-electron chi connectivity index (χ1n) is 4.23. The Kier molecular flexibility index (Phi) is 7.01. The molecular formula is C10H12ClNO3. The zero-order chi connectivity index (χ0) is 11.7. The number of halogens is 1. The number of primary amides is 1. The van der Waals surface area contributed by atoms with Crippen molar-refractivity contribution < 1.29 is 14.7 Å². The summed E-state index contributed by atoms with van der Waals surface area (Å²) in [5.74, 6) is -1.57. The Balaban J connectivity index is 0.000000262. The van der Waals surface area contributed by atoms with Gasteiger partial charge in [-0.05, 0) is 12.1 Å². The van der Waals surface area contributed by atoms with Crippen molar-refractivity contribution in [3.8, 4) is 0 Å². The molecule has 0 aromatic heterocycles. The molecule has 3 N–H and O–H groups in total. The molecule has 0 atom stereocenters. The zero-order valence-electron chi connectivity index (χ0n) is 8.02. The van der Waals surface area contributed by atoms with E-state index in [9.17, 15) is 9.59 Å². The van der Waals surface area contributed by atoms with Crippen molar-refractivity contribution in [3.63, 3.8) is 0 Å². The number of carbonyl (C=O) groups is 2. The number of hydrogen-bond acceptors (Lipinski definition) is 2. The largest absolute Gasteiger partial charge is 0.481 e. The van der Waals surface area contributed by atoms with Crippen LogP contribution in [0.3, 0.4) is 0 Å². The summed E-state index contributed by atoms with van der Waals surface area (Å²) in [4.78, 5) is 19.6. The van der Waals surface area contributed by atoms with Gasteiger partial charge in [0.05, 0.1) is 6.42 Å². The lowest BCUT2D eigenvalue weighted by atomic mass is 10.3. The molecule has 0 heterocycles. The lowest BCUT2D eigenvalue weighted by Crippen LogP contribution is -2.12. The lowest BCUT2D eigenvalue weighted by Gasteiger charge is -1.86. The van der Waals surface area contributed by atoms with Crippen LogP contribution in [-0.4, -0.2) is 17.0 Å². The van der Waals surface area contributed by atoms with E-state index in [1.165, 1.54) is 0 Å². The maximum absolute atomic E-state index is 9.86. The van der Waals surface area contributed by atoms with Crippen molar-refractivity contribution in [1.82, 2.24) is 0 Å². The summed E-state index contributed by atoms with van der Waals surface area (Å²) in [6.45, 7) is 0. The Morgan fingerprint density at radius 2 is 1.73 bits per heavy atom. The Labute approximate surface area is 92.7 Å². The molecule has 0 radical (unpaired) electrons. The van der Waals surface area contributed by atoms with Gasteiger partial charge < -0.3 is 10.8 Å². The van der Waals surface area contributed by atoms with Crippen molar-refractivity contribution in [2.45, 2.75) is 12.8 Å². The minimum Gasteiger partial charge on any atom is -0.481 e. The van der Waals surface area contributed by atoms with Crippen LogP contribution in [0.1, 0.15) is 12.8 Å². The van der Waals surface area contributed by atoms with E-state index in [-0.39, 0.29) is 12.8 Å². The molecule has 0 saturated heterocycles. The normalized spacial score (nSPS) is 8.60. The van der Waals surface area contributed by atoms with Crippen LogP contribution in [-0.2, 0) is 9.59 Å². The minimum absolute atomic E-state index is 0.0741. The molecule has 0 saturated carbocycles. The van der Waals surface area contributed by atoms with Gasteiger partial charge in [-0.2, -0.15) is 0 Å². The number of carbonyl (C=O) groups excluding carboxylic acids is 1. The van der Waals surface area contributed by atoms with Gasteiger partial charge in [-0.1, -0.05) is 29.8 Å². The van der Waals surface area contributed by atoms with Gasteiger partial charge >= 0.3 is 5.97 Å². The molecule has 15 heavy (non-hydrogen) atoms. The average molecular weight is 230 g/mol. The Hall–Kier alpha value is -1.55. The molecule has 1 amide bonds. The number of aliphatic carboxylic acids is 1. The van der Waals surface area contributed by atoms with Crippen molar-refractivity contribution >= 4 is 23.5 Å². The minimum atomic E-state index is -0.996. The molecule has 1 aromatic carbocycles. The van der Waals surface area contributed by atoms with Gasteiger partial charge in [0.15, 0.2) is 0 Å². The summed E-state index contributed by atoms with van der Waals surface area (Å²) in [7, 11) is 0. The molecule has 1 aromatic rings. The predicted octanol–water partition coefficient (Wildman–Crippen LogP) is 1.68. The van der Waals surface area contributed by atoms with Gasteiger partial charge in [0, 0.05) is 11.4 Å². The molecule has 0 aliphatic carbocycles. The summed E-state index contributed by atoms with van der Waals surface area (Å²) in [6, 6.07) is 9.44. The molecule has 0 spiro atoms. The van der Waals surface area contributed by atoms with E-state index in [0.717, 1.165) is 5.02 Å². The summed E-state index contributed by atoms with van der Waals surface area (Å²) >= 11 is 5.54. The zero-order valence-corrected chi connectivity index (χ0v) is 8.78. The number of amides is 1. The van der Waals surface area contributed by atoms with Crippen molar-refractivity contribution in [2.75, 3.05) is 0 Å². The third kappa shape index (κ3) is 10.4. The number of rotatable bonds is 3. The fourth-order valence-corrected chi connectivity index (χ4v) is 0.790. The van der Waals surface area contributed by atoms with Crippen LogP contribution in [0.15, 0.2) is 30.3 Å². The van der Waals surface area contributed by atoms with E-state index in [2.05, 4.69) is 5.73 Å². The molecule has 0 aliphatic heterocycles. The second-order valence-corrected chi connectivity index (χ2v) is 3.09. The van der Waals surface area contributed by atoms with Crippen LogP contribution in [0.4, 0.5) is 0 Å². The van der Waals surface area contributed by atoms with Crippen LogP contribution < -0.4 is 5.73 Å². The Bertz CT molecular complexity index is 300. The molecule has 1 rings (SSSR count). The maximum atomic E-state index is 9.86. The lowest BCUT2D eigenvalue weighted by molar-refractivity contribution is -0.138. The molecule has 0 fully saturated rings. The second-order valence-electron chi connectivity index (χ2n) is 2.66. The SMILES string of the molecule is Clc1ccccc1.NC(=O)CCC(=O)O. The summed E-state index contributed by atoms with van der Waals surface area (Å²) in [6.07, 6.45) is -0.245. The summed E-state index contributed by atoms with van der Waals surface area (Å²) < 4.78 is 0. The topological polar surface area (TPSA) is 80.4 Å². The van der Waals surface area contributed by atoms with Gasteiger partial charge in [0.2, 0.25) is 5.91 Å². The fourth-order valence-electron chi connectivity index (χ4n) is 0.645. The van der Waals surface area contributed by atoms with Crippen molar-refractivity contribution in [1.29, 1.82) is 0 Å². The maximum Gasteiger partial charge on any atom is 0.303 e. The highest BCUT2D eigenvalue weighted by Gasteiger charge is 1.98. The molecule has 4 nitrogen and oxygen atoms in total. The summed E-state index contributed by atoms with van der Waals surface area (Å²) in [5, 5.41) is 8.75. The molecular weight excluding hydrogens is 218 g/mol. The van der Waals surface area contributed by atoms with E-state index >= 15 is 0 Å². The van der Waals surface area contributed by atoms with Gasteiger partial charge in [0.1, 0.15) is 0 Å². The number of carboxylic acids is 1. The monoisotopic (exact) mass is 229 g/mol. The van der Waals surface area contributed by atoms with E-state index < -0.39 is 11.9 Å². The van der Waals surface area contributed by atoms with Crippen molar-refractivity contribution in [2.24, 2.45) is 5.73 Å². The van der Waals surface area contributed by atoms with Crippen LogP contribution in [0.2, 0.25) is 5.02 Å².